The van der Waals surface area contributed by atoms with Crippen molar-refractivity contribution in [3.05, 3.63) is 58.4 Å². The lowest BCUT2D eigenvalue weighted by Crippen LogP contribution is -2.13. The van der Waals surface area contributed by atoms with Crippen LogP contribution in [0.25, 0.3) is 10.9 Å². The summed E-state index contributed by atoms with van der Waals surface area (Å²) in [5, 5.41) is 3.01. The van der Waals surface area contributed by atoms with Gasteiger partial charge in [0.05, 0.1) is 17.7 Å². The van der Waals surface area contributed by atoms with Crippen molar-refractivity contribution >= 4 is 39.4 Å². The molecule has 0 unspecified atom stereocenters. The van der Waals surface area contributed by atoms with Gasteiger partial charge in [-0.2, -0.15) is 0 Å². The molecule has 2 heterocycles. The molecule has 0 radical (unpaired) electrons. The van der Waals surface area contributed by atoms with E-state index in [0.29, 0.717) is 17.2 Å². The highest BCUT2D eigenvalue weighted by Gasteiger charge is 2.12. The number of benzene rings is 1. The predicted octanol–water partition coefficient (Wildman–Crippen LogP) is 3.55. The minimum absolute atomic E-state index is 0.305. The smallest absolute Gasteiger partial charge is 0.140 e. The number of pyridine rings is 1. The number of fused-ring (bicyclic) bond motifs is 1. The number of rotatable bonds is 5. The van der Waals surface area contributed by atoms with Crippen molar-refractivity contribution in [3.8, 4) is 5.75 Å². The fraction of sp³-hybridized carbons (Fsp3) is 0.125. The Morgan fingerprint density at radius 2 is 2.10 bits per heavy atom. The van der Waals surface area contributed by atoms with E-state index in [1.165, 1.54) is 4.88 Å². The van der Waals surface area contributed by atoms with Gasteiger partial charge in [-0.15, -0.1) is 11.3 Å². The molecule has 2 N–H and O–H groups in total. The van der Waals surface area contributed by atoms with Gasteiger partial charge in [-0.25, -0.2) is 0 Å². The lowest BCUT2D eigenvalue weighted by molar-refractivity contribution is 0.326. The summed E-state index contributed by atoms with van der Waals surface area (Å²) in [6.07, 6.45) is 2.55. The molecule has 0 atom stereocenters. The van der Waals surface area contributed by atoms with Crippen LogP contribution >= 0.6 is 23.6 Å². The van der Waals surface area contributed by atoms with Gasteiger partial charge in [-0.1, -0.05) is 30.4 Å². The summed E-state index contributed by atoms with van der Waals surface area (Å²) in [6, 6.07) is 12.0. The molecule has 1 aromatic carbocycles. The number of nitrogens with zero attached hydrogens (tertiary/aromatic N) is 1. The number of hydrogen-bond acceptors (Lipinski definition) is 4. The Morgan fingerprint density at radius 1 is 1.24 bits per heavy atom. The van der Waals surface area contributed by atoms with Crippen molar-refractivity contribution in [1.82, 2.24) is 4.98 Å². The number of nitrogens with two attached hydrogens (primary N) is 1. The van der Waals surface area contributed by atoms with Crippen LogP contribution < -0.4 is 10.5 Å². The van der Waals surface area contributed by atoms with E-state index >= 15 is 0 Å². The average Bonchev–Trinajstić information content (AvgIpc) is 3.00. The first kappa shape index (κ1) is 14.0. The van der Waals surface area contributed by atoms with E-state index in [-0.39, 0.29) is 0 Å². The first-order valence-corrected chi connectivity index (χ1v) is 7.87. The Bertz CT molecular complexity index is 769. The molecule has 5 heteroatoms. The highest BCUT2D eigenvalue weighted by atomic mass is 32.1. The van der Waals surface area contributed by atoms with Gasteiger partial charge in [-0.3, -0.25) is 4.98 Å². The van der Waals surface area contributed by atoms with Crippen molar-refractivity contribution in [2.75, 3.05) is 6.61 Å². The van der Waals surface area contributed by atoms with E-state index in [9.17, 15) is 0 Å². The maximum atomic E-state index is 5.98. The zero-order valence-electron chi connectivity index (χ0n) is 11.3. The second kappa shape index (κ2) is 6.20. The normalized spacial score (nSPS) is 10.7. The zero-order chi connectivity index (χ0) is 14.7. The fourth-order valence-electron chi connectivity index (χ4n) is 2.16. The van der Waals surface area contributed by atoms with E-state index in [1.54, 1.807) is 17.5 Å². The first-order valence-electron chi connectivity index (χ1n) is 6.58. The Kier molecular flexibility index (Phi) is 4.13. The van der Waals surface area contributed by atoms with E-state index in [4.69, 9.17) is 22.7 Å². The summed E-state index contributed by atoms with van der Waals surface area (Å²) in [5.74, 6) is 0.727. The van der Waals surface area contributed by atoms with Gasteiger partial charge >= 0.3 is 0 Å². The summed E-state index contributed by atoms with van der Waals surface area (Å²) in [5.41, 5.74) is 7.35. The molecular formula is C16H14N2OS2. The van der Waals surface area contributed by atoms with Gasteiger partial charge in [0.15, 0.2) is 0 Å². The van der Waals surface area contributed by atoms with Crippen molar-refractivity contribution in [3.63, 3.8) is 0 Å². The van der Waals surface area contributed by atoms with Crippen LogP contribution in [-0.2, 0) is 6.42 Å². The number of hydrogen-bond donors (Lipinski definition) is 1. The molecule has 0 saturated heterocycles. The third-order valence-electron chi connectivity index (χ3n) is 3.17. The van der Waals surface area contributed by atoms with Crippen LogP contribution in [0.4, 0.5) is 0 Å². The van der Waals surface area contributed by atoms with Crippen molar-refractivity contribution in [2.45, 2.75) is 6.42 Å². The minimum atomic E-state index is 0.305. The Morgan fingerprint density at radius 3 is 2.86 bits per heavy atom. The molecule has 0 aliphatic rings. The average molecular weight is 314 g/mol. The summed E-state index contributed by atoms with van der Waals surface area (Å²) in [6.45, 7) is 0.587. The summed E-state index contributed by atoms with van der Waals surface area (Å²) >= 11 is 6.83. The maximum Gasteiger partial charge on any atom is 0.140 e. The standard InChI is InChI=1S/C16H14N2OS2/c17-16(20)13-10-18-14-6-2-1-5-12(14)15(13)19-8-7-11-4-3-9-21-11/h1-6,9-10H,7-8H2,(H2,17,20). The molecule has 0 fully saturated rings. The summed E-state index contributed by atoms with van der Waals surface area (Å²) in [4.78, 5) is 5.98. The number of thiocarbonyl (C=S) groups is 1. The zero-order valence-corrected chi connectivity index (χ0v) is 12.9. The number of thiophene rings is 1. The van der Waals surface area contributed by atoms with Gasteiger partial charge < -0.3 is 10.5 Å². The number of aromatic nitrogens is 1. The predicted molar refractivity (Wildman–Crippen MR) is 91.1 cm³/mol. The lowest BCUT2D eigenvalue weighted by Gasteiger charge is -2.13. The van der Waals surface area contributed by atoms with E-state index in [0.717, 1.165) is 23.1 Å². The van der Waals surface area contributed by atoms with Crippen molar-refractivity contribution in [2.24, 2.45) is 5.73 Å². The molecule has 21 heavy (non-hydrogen) atoms. The summed E-state index contributed by atoms with van der Waals surface area (Å²) in [7, 11) is 0. The fourth-order valence-corrected chi connectivity index (χ4v) is 2.99. The SMILES string of the molecule is NC(=S)c1cnc2ccccc2c1OCCc1cccs1. The lowest BCUT2D eigenvalue weighted by atomic mass is 10.1. The number of para-hydroxylation sites is 1. The highest BCUT2D eigenvalue weighted by molar-refractivity contribution is 7.80. The molecule has 3 aromatic rings. The molecule has 0 bridgehead atoms. The highest BCUT2D eigenvalue weighted by Crippen LogP contribution is 2.28. The van der Waals surface area contributed by atoms with Gasteiger partial charge in [-0.05, 0) is 23.6 Å². The van der Waals surface area contributed by atoms with Crippen LogP contribution in [0.1, 0.15) is 10.4 Å². The van der Waals surface area contributed by atoms with E-state index in [2.05, 4.69) is 16.4 Å². The van der Waals surface area contributed by atoms with Crippen LogP contribution in [0.5, 0.6) is 5.75 Å². The topological polar surface area (TPSA) is 48.1 Å². The molecule has 3 rings (SSSR count). The third kappa shape index (κ3) is 3.04. The van der Waals surface area contributed by atoms with Gasteiger partial charge in [0, 0.05) is 22.9 Å². The van der Waals surface area contributed by atoms with Gasteiger partial charge in [0.2, 0.25) is 0 Å². The van der Waals surface area contributed by atoms with Crippen LogP contribution in [0.2, 0.25) is 0 Å². The molecule has 0 spiro atoms. The van der Waals surface area contributed by atoms with Crippen LogP contribution in [0.15, 0.2) is 48.0 Å². The monoisotopic (exact) mass is 314 g/mol. The second-order valence-electron chi connectivity index (χ2n) is 4.56. The minimum Gasteiger partial charge on any atom is -0.492 e. The molecule has 0 saturated carbocycles. The third-order valence-corrected chi connectivity index (χ3v) is 4.32. The molecular weight excluding hydrogens is 300 g/mol. The van der Waals surface area contributed by atoms with Crippen LogP contribution in [0.3, 0.4) is 0 Å². The quantitative estimate of drug-likeness (QED) is 0.732. The molecule has 106 valence electrons. The van der Waals surface area contributed by atoms with Crippen molar-refractivity contribution < 1.29 is 4.74 Å². The van der Waals surface area contributed by atoms with Crippen LogP contribution in [0, 0.1) is 0 Å². The maximum absolute atomic E-state index is 5.98. The Hall–Kier alpha value is -1.98. The summed E-state index contributed by atoms with van der Waals surface area (Å²) < 4.78 is 5.98. The Balaban J connectivity index is 1.90. The molecule has 0 amide bonds. The Labute approximate surface area is 132 Å². The number of ether oxygens (including phenoxy) is 1. The van der Waals surface area contributed by atoms with Gasteiger partial charge in [0.1, 0.15) is 10.7 Å². The molecule has 3 nitrogen and oxygen atoms in total. The van der Waals surface area contributed by atoms with E-state index in [1.807, 2.05) is 30.3 Å². The van der Waals surface area contributed by atoms with Crippen molar-refractivity contribution in [1.29, 1.82) is 0 Å². The molecule has 0 aliphatic heterocycles. The van der Waals surface area contributed by atoms with Crippen LogP contribution in [-0.4, -0.2) is 16.6 Å². The largest absolute Gasteiger partial charge is 0.492 e. The molecule has 0 aliphatic carbocycles. The van der Waals surface area contributed by atoms with Gasteiger partial charge in [0.25, 0.3) is 0 Å². The molecule has 2 aromatic heterocycles. The first-order chi connectivity index (χ1) is 10.3. The van der Waals surface area contributed by atoms with E-state index < -0.39 is 0 Å². The second-order valence-corrected chi connectivity index (χ2v) is 6.03.